The van der Waals surface area contributed by atoms with Gasteiger partial charge in [-0.2, -0.15) is 26.3 Å². The number of phenolic OH excluding ortho intramolecular Hbond substituents is 1. The van der Waals surface area contributed by atoms with Gasteiger partial charge in [-0.25, -0.2) is 4.90 Å². The average molecular weight is 686 g/mol. The predicted octanol–water partition coefficient (Wildman–Crippen LogP) is 8.60. The van der Waals surface area contributed by atoms with Gasteiger partial charge in [0.05, 0.1) is 41.4 Å². The number of carbonyl (C=O) groups excluding carboxylic acids is 2. The fourth-order valence-electron chi connectivity index (χ4n) is 7.09. The van der Waals surface area contributed by atoms with Crippen molar-refractivity contribution in [3.63, 3.8) is 0 Å². The smallest absolute Gasteiger partial charge is 0.416 e. The third-order valence-corrected chi connectivity index (χ3v) is 9.44. The summed E-state index contributed by atoms with van der Waals surface area (Å²) in [5, 5.41) is 9.63. The van der Waals surface area contributed by atoms with Crippen molar-refractivity contribution in [2.75, 3.05) is 18.1 Å². The Morgan fingerprint density at radius 1 is 0.918 bits per heavy atom. The number of rotatable bonds is 9. The molecule has 3 aliphatic rings. The quantitative estimate of drug-likeness (QED) is 0.139. The lowest BCUT2D eigenvalue weighted by atomic mass is 9.69. The van der Waals surface area contributed by atoms with Gasteiger partial charge < -0.3 is 14.6 Å². The molecular formula is C37H33F6NO5. The van der Waals surface area contributed by atoms with E-state index in [1.165, 1.54) is 0 Å². The van der Waals surface area contributed by atoms with Crippen molar-refractivity contribution in [3.8, 4) is 11.5 Å². The molecular weight excluding hydrogens is 652 g/mol. The number of phenols is 1. The number of para-hydroxylation sites is 1. The van der Waals surface area contributed by atoms with Crippen LogP contribution in [0.1, 0.15) is 49.3 Å². The topological polar surface area (TPSA) is 76.1 Å². The zero-order valence-corrected chi connectivity index (χ0v) is 26.4. The number of hydrogen-bond donors (Lipinski definition) is 1. The summed E-state index contributed by atoms with van der Waals surface area (Å²) in [6, 6.07) is 16.5. The van der Waals surface area contributed by atoms with Gasteiger partial charge in [0.15, 0.2) is 0 Å². The van der Waals surface area contributed by atoms with Crippen LogP contribution in [0.3, 0.4) is 0 Å². The summed E-state index contributed by atoms with van der Waals surface area (Å²) >= 11 is 0. The maximum Gasteiger partial charge on any atom is 0.416 e. The lowest BCUT2D eigenvalue weighted by Gasteiger charge is -2.31. The van der Waals surface area contributed by atoms with Crippen LogP contribution in [0.2, 0.25) is 0 Å². The molecule has 3 aromatic carbocycles. The number of alkyl halides is 6. The van der Waals surface area contributed by atoms with Crippen molar-refractivity contribution in [1.29, 1.82) is 0 Å². The van der Waals surface area contributed by atoms with Gasteiger partial charge in [0, 0.05) is 5.92 Å². The van der Waals surface area contributed by atoms with E-state index in [1.807, 2.05) is 19.1 Å². The van der Waals surface area contributed by atoms with Crippen molar-refractivity contribution in [3.05, 3.63) is 106 Å². The molecule has 3 aromatic rings. The van der Waals surface area contributed by atoms with E-state index in [1.54, 1.807) is 48.5 Å². The van der Waals surface area contributed by atoms with Gasteiger partial charge >= 0.3 is 12.4 Å². The Labute approximate surface area is 278 Å². The fraction of sp³-hybridized carbons (Fsp3) is 0.351. The molecule has 2 saturated heterocycles. The van der Waals surface area contributed by atoms with E-state index in [-0.39, 0.29) is 31.5 Å². The second kappa shape index (κ2) is 13.4. The third-order valence-electron chi connectivity index (χ3n) is 9.44. The van der Waals surface area contributed by atoms with Crippen molar-refractivity contribution in [1.82, 2.24) is 0 Å². The van der Waals surface area contributed by atoms with Crippen LogP contribution in [0.4, 0.5) is 32.0 Å². The van der Waals surface area contributed by atoms with Crippen LogP contribution in [0.5, 0.6) is 11.5 Å². The van der Waals surface area contributed by atoms with E-state index in [0.717, 1.165) is 28.7 Å². The molecule has 2 heterocycles. The van der Waals surface area contributed by atoms with Crippen molar-refractivity contribution in [2.45, 2.75) is 51.1 Å². The molecule has 0 bridgehead atoms. The Morgan fingerprint density at radius 2 is 1.57 bits per heavy atom. The monoisotopic (exact) mass is 685 g/mol. The number of nitrogens with zero attached hydrogens (tertiary/aromatic N) is 1. The van der Waals surface area contributed by atoms with E-state index in [4.69, 9.17) is 9.47 Å². The van der Waals surface area contributed by atoms with E-state index < -0.39 is 64.8 Å². The molecule has 6 nitrogen and oxygen atoms in total. The number of anilines is 1. The molecule has 6 rings (SSSR count). The average Bonchev–Trinajstić information content (AvgIpc) is 3.60. The Kier molecular flexibility index (Phi) is 9.36. The molecule has 0 saturated carbocycles. The van der Waals surface area contributed by atoms with Crippen molar-refractivity contribution in [2.24, 2.45) is 17.8 Å². The summed E-state index contributed by atoms with van der Waals surface area (Å²) in [6.07, 6.45) is -6.77. The highest BCUT2D eigenvalue weighted by Crippen LogP contribution is 2.51. The van der Waals surface area contributed by atoms with Crippen LogP contribution in [-0.2, 0) is 26.7 Å². The molecule has 4 atom stereocenters. The Morgan fingerprint density at radius 3 is 2.18 bits per heavy atom. The molecule has 0 radical (unpaired) electrons. The number of hydrogen-bond acceptors (Lipinski definition) is 5. The van der Waals surface area contributed by atoms with E-state index in [2.05, 4.69) is 0 Å². The number of amides is 2. The van der Waals surface area contributed by atoms with E-state index in [0.29, 0.717) is 35.6 Å². The van der Waals surface area contributed by atoms with Crippen LogP contribution in [0.25, 0.3) is 6.08 Å². The zero-order chi connectivity index (χ0) is 35.1. The molecule has 1 aliphatic carbocycles. The molecule has 1 N–H and O–H groups in total. The zero-order valence-electron chi connectivity index (χ0n) is 26.4. The Balaban J connectivity index is 1.32. The third kappa shape index (κ3) is 7.10. The van der Waals surface area contributed by atoms with Gasteiger partial charge in [0.1, 0.15) is 18.1 Å². The first kappa shape index (κ1) is 34.3. The summed E-state index contributed by atoms with van der Waals surface area (Å²) in [7, 11) is 0. The molecule has 2 aliphatic heterocycles. The minimum Gasteiger partial charge on any atom is -0.508 e. The Hall–Kier alpha value is -4.58. The SMILES string of the molecule is CC/C(=C\c1ccc(O)cc1)CC[C@H]1OC[C@H]2C1=C(COc1ccccc1)C[C@H]1C(=O)N(c3cc(C(F)(F)F)cc(C(F)(F)F)c3)C(=O)[C@H]12. The van der Waals surface area contributed by atoms with Gasteiger partial charge in [0.25, 0.3) is 0 Å². The molecule has 0 aromatic heterocycles. The first-order valence-corrected chi connectivity index (χ1v) is 15.9. The maximum atomic E-state index is 14.0. The highest BCUT2D eigenvalue weighted by atomic mass is 19.4. The summed E-state index contributed by atoms with van der Waals surface area (Å²) in [6.45, 7) is 2.14. The lowest BCUT2D eigenvalue weighted by Crippen LogP contribution is -2.35. The highest BCUT2D eigenvalue weighted by Gasteiger charge is 2.57. The molecule has 2 amide bonds. The Bertz CT molecular complexity index is 1750. The summed E-state index contributed by atoms with van der Waals surface area (Å²) < 4.78 is 94.5. The van der Waals surface area contributed by atoms with Crippen LogP contribution >= 0.6 is 0 Å². The number of halogens is 6. The van der Waals surface area contributed by atoms with Gasteiger partial charge in [0.2, 0.25) is 11.8 Å². The minimum atomic E-state index is -5.15. The van der Waals surface area contributed by atoms with Crippen LogP contribution < -0.4 is 9.64 Å². The second-order valence-corrected chi connectivity index (χ2v) is 12.5. The number of allylic oxidation sites excluding steroid dienone is 1. The standard InChI is InChI=1S/C37H33F6NO5/c1-2-21(14-22-8-11-27(45)12-9-22)10-13-31-32-23(19-48-28-6-4-3-5-7-28)15-29-33(30(32)20-49-31)35(47)44(34(29)46)26-17-24(36(38,39)40)16-25(18-26)37(41,42)43/h3-9,11-12,14,16-18,29-31,33,45H,2,10,13,15,19-20H2,1H3/b21-14+/t29-,30+,31-,33-/m1/s1. The predicted molar refractivity (Wildman–Crippen MR) is 168 cm³/mol. The minimum absolute atomic E-state index is 0.0314. The number of imide groups is 1. The lowest BCUT2D eigenvalue weighted by molar-refractivity contribution is -0.143. The van der Waals surface area contributed by atoms with E-state index in [9.17, 15) is 41.0 Å². The maximum absolute atomic E-state index is 14.0. The largest absolute Gasteiger partial charge is 0.508 e. The fourth-order valence-corrected chi connectivity index (χ4v) is 7.09. The molecule has 0 unspecified atom stereocenters. The molecule has 0 spiro atoms. The number of benzene rings is 3. The normalized spacial score (nSPS) is 22.8. The molecule has 49 heavy (non-hydrogen) atoms. The van der Waals surface area contributed by atoms with Crippen molar-refractivity contribution < 1.29 is 50.5 Å². The summed E-state index contributed by atoms with van der Waals surface area (Å²) in [5.74, 6) is -3.63. The number of ether oxygens (including phenoxy) is 2. The molecule has 12 heteroatoms. The van der Waals surface area contributed by atoms with Gasteiger partial charge in [-0.3, -0.25) is 9.59 Å². The number of fused-ring (bicyclic) bond motifs is 3. The number of aromatic hydroxyl groups is 1. The highest BCUT2D eigenvalue weighted by molar-refractivity contribution is 6.22. The van der Waals surface area contributed by atoms with Crippen LogP contribution in [0, 0.1) is 17.8 Å². The summed E-state index contributed by atoms with van der Waals surface area (Å²) in [5.41, 5.74) is -0.452. The van der Waals surface area contributed by atoms with E-state index >= 15 is 0 Å². The first-order chi connectivity index (χ1) is 23.2. The van der Waals surface area contributed by atoms with Gasteiger partial charge in [-0.1, -0.05) is 48.9 Å². The van der Waals surface area contributed by atoms with Crippen molar-refractivity contribution >= 4 is 23.6 Å². The van der Waals surface area contributed by atoms with Crippen LogP contribution in [-0.4, -0.2) is 36.2 Å². The van der Waals surface area contributed by atoms with Gasteiger partial charge in [-0.05, 0) is 84.9 Å². The van der Waals surface area contributed by atoms with Gasteiger partial charge in [-0.15, -0.1) is 0 Å². The first-order valence-electron chi connectivity index (χ1n) is 15.9. The number of carbonyl (C=O) groups is 2. The molecule has 258 valence electrons. The summed E-state index contributed by atoms with van der Waals surface area (Å²) in [4.78, 5) is 28.3. The van der Waals surface area contributed by atoms with Crippen LogP contribution in [0.15, 0.2) is 89.5 Å². The second-order valence-electron chi connectivity index (χ2n) is 12.5. The molecule has 2 fully saturated rings.